The molecule has 2 aromatic carbocycles. The first kappa shape index (κ1) is 22.1. The number of aliphatic hydroxyl groups is 3. The molecule has 2 rings (SSSR count). The van der Waals surface area contributed by atoms with Crippen molar-refractivity contribution in [2.75, 3.05) is 13.2 Å². The lowest BCUT2D eigenvalue weighted by molar-refractivity contribution is 0.199. The van der Waals surface area contributed by atoms with Crippen molar-refractivity contribution >= 4 is 27.6 Å². The van der Waals surface area contributed by atoms with E-state index in [-0.39, 0.29) is 19.0 Å². The zero-order valence-corrected chi connectivity index (χ0v) is 17.1. The lowest BCUT2D eigenvalue weighted by atomic mass is 9.93. The Morgan fingerprint density at radius 2 is 1.82 bits per heavy atom. The van der Waals surface area contributed by atoms with Gasteiger partial charge in [0.25, 0.3) is 0 Å². The maximum atomic E-state index is 10.6. The highest BCUT2D eigenvalue weighted by molar-refractivity contribution is 9.10. The smallest absolute Gasteiger partial charge is 0.122 e. The third kappa shape index (κ3) is 6.17. The number of phenols is 1. The van der Waals surface area contributed by atoms with Crippen molar-refractivity contribution in [3.63, 3.8) is 0 Å². The maximum Gasteiger partial charge on any atom is 0.122 e. The van der Waals surface area contributed by atoms with Gasteiger partial charge in [0, 0.05) is 10.0 Å². The van der Waals surface area contributed by atoms with Crippen molar-refractivity contribution in [3.8, 4) is 5.75 Å². The Morgan fingerprint density at radius 3 is 2.46 bits per heavy atom. The van der Waals surface area contributed by atoms with Gasteiger partial charge in [-0.3, -0.25) is 0 Å². The molecule has 2 aromatic rings. The second-order valence-corrected chi connectivity index (χ2v) is 7.31. The van der Waals surface area contributed by atoms with Crippen LogP contribution in [0.25, 0.3) is 11.6 Å². The van der Waals surface area contributed by atoms with Crippen molar-refractivity contribution in [1.29, 1.82) is 0 Å². The van der Waals surface area contributed by atoms with E-state index in [1.165, 1.54) is 6.08 Å². The summed E-state index contributed by atoms with van der Waals surface area (Å²) in [5.41, 5.74) is 3.45. The Morgan fingerprint density at radius 1 is 1.11 bits per heavy atom. The summed E-state index contributed by atoms with van der Waals surface area (Å²) in [6, 6.07) is 15.0. The molecule has 0 bridgehead atoms. The molecule has 0 aliphatic carbocycles. The predicted octanol–water partition coefficient (Wildman–Crippen LogP) is 4.30. The Bertz CT molecular complexity index is 856. The number of rotatable bonds is 9. The van der Waals surface area contributed by atoms with Crippen molar-refractivity contribution < 1.29 is 20.4 Å². The molecule has 0 saturated heterocycles. The molecule has 1 atom stereocenters. The zero-order valence-electron chi connectivity index (χ0n) is 15.6. The van der Waals surface area contributed by atoms with E-state index in [0.717, 1.165) is 15.6 Å². The molecule has 0 fully saturated rings. The second kappa shape index (κ2) is 11.0. The molecule has 28 heavy (non-hydrogen) atoms. The molecule has 5 heteroatoms. The molecular weight excluding hydrogens is 420 g/mol. The Kier molecular flexibility index (Phi) is 8.67. The number of hydrogen-bond donors (Lipinski definition) is 4. The topological polar surface area (TPSA) is 80.9 Å². The molecule has 0 aliphatic rings. The molecule has 0 aliphatic heterocycles. The molecule has 0 aromatic heterocycles. The molecule has 1 unspecified atom stereocenters. The molecule has 0 amide bonds. The first-order chi connectivity index (χ1) is 13.5. The summed E-state index contributed by atoms with van der Waals surface area (Å²) in [5, 5.41) is 39.2. The van der Waals surface area contributed by atoms with E-state index >= 15 is 0 Å². The summed E-state index contributed by atoms with van der Waals surface area (Å²) >= 11 is 3.42. The third-order valence-electron chi connectivity index (χ3n) is 4.42. The van der Waals surface area contributed by atoms with Crippen molar-refractivity contribution in [2.24, 2.45) is 0 Å². The average Bonchev–Trinajstić information content (AvgIpc) is 2.71. The van der Waals surface area contributed by atoms with E-state index in [4.69, 9.17) is 0 Å². The van der Waals surface area contributed by atoms with Crippen LogP contribution in [0.15, 0.2) is 76.8 Å². The summed E-state index contributed by atoms with van der Waals surface area (Å²) in [6.07, 6.45) is 3.40. The largest absolute Gasteiger partial charge is 0.507 e. The van der Waals surface area contributed by atoms with Gasteiger partial charge in [0.05, 0.1) is 19.3 Å². The molecule has 0 heterocycles. The van der Waals surface area contributed by atoms with Crippen LogP contribution in [0.5, 0.6) is 5.75 Å². The van der Waals surface area contributed by atoms with E-state index in [1.807, 2.05) is 42.5 Å². The van der Waals surface area contributed by atoms with E-state index in [2.05, 4.69) is 22.5 Å². The highest BCUT2D eigenvalue weighted by atomic mass is 79.9. The Labute approximate surface area is 173 Å². The molecule has 0 saturated carbocycles. The van der Waals surface area contributed by atoms with Crippen LogP contribution in [0.4, 0.5) is 0 Å². The number of benzene rings is 2. The standard InChI is InChI=1S/C23H25BrO4/c1-16(15-26)21(11-12-25)23(28)9-7-18(17-5-3-2-4-6-17)13-19-14-20(24)8-10-22(19)27/h2-6,8,10-11,13-14,23,25-28H,1,7,9,12,15H2/b18-13-,21-11-. The lowest BCUT2D eigenvalue weighted by Crippen LogP contribution is -2.14. The summed E-state index contributed by atoms with van der Waals surface area (Å²) in [5.74, 6) is 0.173. The van der Waals surface area contributed by atoms with Crippen molar-refractivity contribution in [3.05, 3.63) is 87.9 Å². The van der Waals surface area contributed by atoms with E-state index in [0.29, 0.717) is 29.6 Å². The van der Waals surface area contributed by atoms with Gasteiger partial charge in [-0.2, -0.15) is 0 Å². The Hall–Kier alpha value is -2.18. The molecule has 0 spiro atoms. The number of allylic oxidation sites excluding steroid dienone is 1. The molecule has 4 nitrogen and oxygen atoms in total. The fourth-order valence-corrected chi connectivity index (χ4v) is 3.31. The van der Waals surface area contributed by atoms with Crippen LogP contribution >= 0.6 is 15.9 Å². The second-order valence-electron chi connectivity index (χ2n) is 6.40. The van der Waals surface area contributed by atoms with Crippen LogP contribution < -0.4 is 0 Å². The number of phenolic OH excluding ortho intramolecular Hbond substituents is 1. The number of halogens is 1. The van der Waals surface area contributed by atoms with Crippen LogP contribution in [0, 0.1) is 0 Å². The van der Waals surface area contributed by atoms with Gasteiger partial charge >= 0.3 is 0 Å². The van der Waals surface area contributed by atoms with E-state index in [1.54, 1.807) is 12.1 Å². The van der Waals surface area contributed by atoms with E-state index < -0.39 is 6.10 Å². The Balaban J connectivity index is 2.31. The van der Waals surface area contributed by atoms with Crippen LogP contribution in [-0.4, -0.2) is 39.7 Å². The average molecular weight is 445 g/mol. The lowest BCUT2D eigenvalue weighted by Gasteiger charge is -2.18. The molecule has 0 radical (unpaired) electrons. The number of aromatic hydroxyl groups is 1. The fourth-order valence-electron chi connectivity index (χ4n) is 2.93. The monoisotopic (exact) mass is 444 g/mol. The minimum absolute atomic E-state index is 0.173. The molecule has 4 N–H and O–H groups in total. The van der Waals surface area contributed by atoms with Crippen molar-refractivity contribution in [1.82, 2.24) is 0 Å². The van der Waals surface area contributed by atoms with Gasteiger partial charge in [-0.05, 0) is 59.4 Å². The van der Waals surface area contributed by atoms with Crippen LogP contribution in [0.1, 0.15) is 24.0 Å². The number of aliphatic hydroxyl groups excluding tert-OH is 3. The van der Waals surface area contributed by atoms with Gasteiger partial charge in [0.2, 0.25) is 0 Å². The summed E-state index contributed by atoms with van der Waals surface area (Å²) in [4.78, 5) is 0. The first-order valence-electron chi connectivity index (χ1n) is 8.98. The van der Waals surface area contributed by atoms with E-state index in [9.17, 15) is 20.4 Å². The maximum absolute atomic E-state index is 10.6. The summed E-state index contributed by atoms with van der Waals surface area (Å²) in [7, 11) is 0. The van der Waals surface area contributed by atoms with Gasteiger partial charge in [-0.25, -0.2) is 0 Å². The molecular formula is C23H25BrO4. The first-order valence-corrected chi connectivity index (χ1v) is 9.78. The highest BCUT2D eigenvalue weighted by Crippen LogP contribution is 2.30. The van der Waals surface area contributed by atoms with Crippen LogP contribution in [-0.2, 0) is 0 Å². The molecule has 148 valence electrons. The quantitative estimate of drug-likeness (QED) is 0.343. The van der Waals surface area contributed by atoms with Gasteiger partial charge in [0.1, 0.15) is 5.75 Å². The predicted molar refractivity (Wildman–Crippen MR) is 117 cm³/mol. The highest BCUT2D eigenvalue weighted by Gasteiger charge is 2.15. The third-order valence-corrected chi connectivity index (χ3v) is 4.91. The number of hydrogen-bond acceptors (Lipinski definition) is 4. The minimum atomic E-state index is -0.866. The normalized spacial score (nSPS) is 13.4. The fraction of sp³-hybridized carbons (Fsp3) is 0.217. The zero-order chi connectivity index (χ0) is 20.5. The van der Waals surface area contributed by atoms with Crippen molar-refractivity contribution in [2.45, 2.75) is 18.9 Å². The van der Waals surface area contributed by atoms with Crippen LogP contribution in [0.3, 0.4) is 0 Å². The minimum Gasteiger partial charge on any atom is -0.507 e. The van der Waals surface area contributed by atoms with Gasteiger partial charge in [0.15, 0.2) is 0 Å². The van der Waals surface area contributed by atoms with Gasteiger partial charge in [-0.1, -0.05) is 58.9 Å². The van der Waals surface area contributed by atoms with Gasteiger partial charge < -0.3 is 20.4 Å². The van der Waals surface area contributed by atoms with Gasteiger partial charge in [-0.15, -0.1) is 0 Å². The SMILES string of the molecule is C=C(CO)/C(=C/CO)C(O)CC/C(=C/c1cc(Br)ccc1O)c1ccccc1. The summed E-state index contributed by atoms with van der Waals surface area (Å²) in [6.45, 7) is 3.23. The summed E-state index contributed by atoms with van der Waals surface area (Å²) < 4.78 is 0.858. The van der Waals surface area contributed by atoms with Crippen LogP contribution in [0.2, 0.25) is 0 Å².